The second-order valence-corrected chi connectivity index (χ2v) is 11.0. The summed E-state index contributed by atoms with van der Waals surface area (Å²) >= 11 is 1.13. The molecule has 44 heavy (non-hydrogen) atoms. The zero-order chi connectivity index (χ0) is 31.0. The fraction of sp³-hybridized carbons (Fsp3) is 0.118. The zero-order valence-electron chi connectivity index (χ0n) is 23.6. The van der Waals surface area contributed by atoms with Gasteiger partial charge in [-0.1, -0.05) is 65.9 Å². The average Bonchev–Trinajstić information content (AvgIpc) is 3.61. The largest absolute Gasteiger partial charge is 0.478 e. The van der Waals surface area contributed by atoms with Crippen LogP contribution in [0.15, 0.2) is 105 Å². The SMILES string of the molecule is CCOC(=O)C1=C(c2ccccc2)N=c2s/c(=C\c3ccc(-c4cccc(C(=O)O)c4C)o3)c(=O)n2[C@@H]1c1ccc(F)cc1. The standard InChI is InChI=1S/C34H25FN2O6S/c1-3-42-33(41)28-29(20-8-5-4-6-9-20)36-34-37(30(28)21-12-14-22(35)15-13-21)31(38)27(44-34)18-23-16-17-26(43-23)24-10-7-11-25(19(24)2)32(39)40/h4-18,30H,3H2,1-2H3,(H,39,40)/b27-18-/t30-/m1/s1. The lowest BCUT2D eigenvalue weighted by molar-refractivity contribution is -0.138. The number of carbonyl (C=O) groups excluding carboxylic acids is 1. The Balaban J connectivity index is 1.54. The van der Waals surface area contributed by atoms with E-state index in [1.807, 2.05) is 30.3 Å². The summed E-state index contributed by atoms with van der Waals surface area (Å²) in [5.41, 5.74) is 2.63. The van der Waals surface area contributed by atoms with Gasteiger partial charge in [0.25, 0.3) is 5.56 Å². The van der Waals surface area contributed by atoms with E-state index in [0.717, 1.165) is 11.3 Å². The van der Waals surface area contributed by atoms with Crippen molar-refractivity contribution >= 4 is 35.0 Å². The van der Waals surface area contributed by atoms with Crippen molar-refractivity contribution in [3.8, 4) is 11.3 Å². The van der Waals surface area contributed by atoms with Crippen LogP contribution in [0.25, 0.3) is 23.1 Å². The molecule has 3 heterocycles. The van der Waals surface area contributed by atoms with Crippen LogP contribution < -0.4 is 14.9 Å². The van der Waals surface area contributed by atoms with Gasteiger partial charge in [-0.3, -0.25) is 9.36 Å². The number of aromatic nitrogens is 1. The topological polar surface area (TPSA) is 111 Å². The van der Waals surface area contributed by atoms with Gasteiger partial charge in [0.05, 0.1) is 34.0 Å². The van der Waals surface area contributed by atoms with E-state index in [-0.39, 0.29) is 17.7 Å². The van der Waals surface area contributed by atoms with Crippen LogP contribution >= 0.6 is 11.3 Å². The molecule has 3 aromatic carbocycles. The summed E-state index contributed by atoms with van der Waals surface area (Å²) in [5.74, 6) is -1.30. The number of carboxylic acid groups (broad SMARTS) is 1. The first-order valence-electron chi connectivity index (χ1n) is 13.7. The maximum atomic E-state index is 14.0. The minimum Gasteiger partial charge on any atom is -0.478 e. The Morgan fingerprint density at radius 2 is 1.80 bits per heavy atom. The lowest BCUT2D eigenvalue weighted by Crippen LogP contribution is -2.40. The highest BCUT2D eigenvalue weighted by molar-refractivity contribution is 7.07. The number of hydrogen-bond donors (Lipinski definition) is 1. The van der Waals surface area contributed by atoms with Crippen LogP contribution in [0.3, 0.4) is 0 Å². The molecule has 0 saturated heterocycles. The molecule has 0 amide bonds. The Morgan fingerprint density at radius 3 is 2.50 bits per heavy atom. The lowest BCUT2D eigenvalue weighted by Gasteiger charge is -2.25. The first-order valence-corrected chi connectivity index (χ1v) is 14.6. The van der Waals surface area contributed by atoms with Crippen molar-refractivity contribution in [1.82, 2.24) is 4.57 Å². The summed E-state index contributed by atoms with van der Waals surface area (Å²) in [5, 5.41) is 9.51. The van der Waals surface area contributed by atoms with Gasteiger partial charge in [-0.2, -0.15) is 0 Å². The summed E-state index contributed by atoms with van der Waals surface area (Å²) in [4.78, 5) is 44.3. The van der Waals surface area contributed by atoms with Gasteiger partial charge in [-0.25, -0.2) is 19.0 Å². The summed E-state index contributed by atoms with van der Waals surface area (Å²) in [6, 6.07) is 22.2. The molecule has 5 aromatic rings. The van der Waals surface area contributed by atoms with Gasteiger partial charge in [0, 0.05) is 17.2 Å². The Bertz CT molecular complexity index is 2120. The Hall–Kier alpha value is -5.35. The molecule has 0 radical (unpaired) electrons. The van der Waals surface area contributed by atoms with E-state index >= 15 is 0 Å². The normalized spacial score (nSPS) is 14.7. The highest BCUT2D eigenvalue weighted by Gasteiger charge is 2.35. The summed E-state index contributed by atoms with van der Waals surface area (Å²) in [7, 11) is 0. The van der Waals surface area contributed by atoms with Crippen LogP contribution in [-0.2, 0) is 9.53 Å². The second kappa shape index (κ2) is 11.7. The van der Waals surface area contributed by atoms with Gasteiger partial charge >= 0.3 is 11.9 Å². The number of hydrogen-bond acceptors (Lipinski definition) is 7. The van der Waals surface area contributed by atoms with Crippen molar-refractivity contribution in [2.75, 3.05) is 6.61 Å². The van der Waals surface area contributed by atoms with Crippen molar-refractivity contribution in [3.63, 3.8) is 0 Å². The minimum absolute atomic E-state index is 0.112. The van der Waals surface area contributed by atoms with E-state index in [9.17, 15) is 23.9 Å². The number of halogens is 1. The molecular formula is C34H25FN2O6S. The van der Waals surface area contributed by atoms with Crippen molar-refractivity contribution in [3.05, 3.63) is 144 Å². The monoisotopic (exact) mass is 608 g/mol. The average molecular weight is 609 g/mol. The van der Waals surface area contributed by atoms with Crippen molar-refractivity contribution in [2.24, 2.45) is 4.99 Å². The van der Waals surface area contributed by atoms with E-state index in [4.69, 9.17) is 14.1 Å². The number of nitrogens with zero attached hydrogens (tertiary/aromatic N) is 2. The smallest absolute Gasteiger partial charge is 0.338 e. The number of carbonyl (C=O) groups is 2. The van der Waals surface area contributed by atoms with E-state index in [2.05, 4.69) is 0 Å². The number of thiazole rings is 1. The maximum Gasteiger partial charge on any atom is 0.338 e. The summed E-state index contributed by atoms with van der Waals surface area (Å²) in [6.45, 7) is 3.51. The molecule has 0 spiro atoms. The molecule has 0 fully saturated rings. The lowest BCUT2D eigenvalue weighted by atomic mass is 9.93. The number of carboxylic acids is 1. The van der Waals surface area contributed by atoms with Gasteiger partial charge in [-0.15, -0.1) is 0 Å². The molecule has 0 aliphatic carbocycles. The number of benzene rings is 3. The highest BCUT2D eigenvalue weighted by Crippen LogP contribution is 2.35. The van der Waals surface area contributed by atoms with Crippen molar-refractivity contribution in [1.29, 1.82) is 0 Å². The van der Waals surface area contributed by atoms with Crippen LogP contribution in [0.1, 0.15) is 45.8 Å². The molecule has 1 atom stereocenters. The van der Waals surface area contributed by atoms with Crippen molar-refractivity contribution < 1.29 is 28.2 Å². The van der Waals surface area contributed by atoms with E-state index in [0.29, 0.717) is 48.8 Å². The first kappa shape index (κ1) is 28.8. The number of esters is 1. The van der Waals surface area contributed by atoms with Gasteiger partial charge in [0.2, 0.25) is 0 Å². The van der Waals surface area contributed by atoms with Crippen LogP contribution in [0.2, 0.25) is 0 Å². The molecule has 220 valence electrons. The molecule has 0 saturated carbocycles. The number of furan rings is 1. The summed E-state index contributed by atoms with van der Waals surface area (Å²) < 4.78 is 27.2. The zero-order valence-corrected chi connectivity index (χ0v) is 24.4. The second-order valence-electron chi connectivity index (χ2n) is 9.97. The number of fused-ring (bicyclic) bond motifs is 1. The fourth-order valence-electron chi connectivity index (χ4n) is 5.24. The van der Waals surface area contributed by atoms with Crippen LogP contribution in [0.5, 0.6) is 0 Å². The predicted molar refractivity (Wildman–Crippen MR) is 163 cm³/mol. The quantitative estimate of drug-likeness (QED) is 0.250. The van der Waals surface area contributed by atoms with Crippen LogP contribution in [-0.4, -0.2) is 28.2 Å². The van der Waals surface area contributed by atoms with E-state index in [1.54, 1.807) is 44.2 Å². The number of ether oxygens (including phenoxy) is 1. The van der Waals surface area contributed by atoms with E-state index < -0.39 is 29.4 Å². The predicted octanol–water partition coefficient (Wildman–Crippen LogP) is 5.34. The van der Waals surface area contributed by atoms with Crippen molar-refractivity contribution in [2.45, 2.75) is 19.9 Å². The molecule has 1 aliphatic rings. The molecule has 8 nitrogen and oxygen atoms in total. The Labute approximate surface area is 254 Å². The van der Waals surface area contributed by atoms with Gasteiger partial charge in [0.1, 0.15) is 17.3 Å². The Kier molecular flexibility index (Phi) is 7.67. The summed E-state index contributed by atoms with van der Waals surface area (Å²) in [6.07, 6.45) is 1.58. The third kappa shape index (κ3) is 5.20. The molecule has 1 N–H and O–H groups in total. The molecule has 0 unspecified atom stereocenters. The van der Waals surface area contributed by atoms with E-state index in [1.165, 1.54) is 34.9 Å². The van der Waals surface area contributed by atoms with Crippen LogP contribution in [0, 0.1) is 12.7 Å². The van der Waals surface area contributed by atoms with Gasteiger partial charge in [0.15, 0.2) is 4.80 Å². The molecule has 2 aromatic heterocycles. The first-order chi connectivity index (χ1) is 21.3. The highest BCUT2D eigenvalue weighted by atomic mass is 32.1. The molecule has 6 rings (SSSR count). The fourth-order valence-corrected chi connectivity index (χ4v) is 6.22. The molecule has 1 aliphatic heterocycles. The number of rotatable bonds is 7. The van der Waals surface area contributed by atoms with Gasteiger partial charge in [-0.05, 0) is 55.3 Å². The minimum atomic E-state index is -1.04. The maximum absolute atomic E-state index is 14.0. The Morgan fingerprint density at radius 1 is 1.05 bits per heavy atom. The third-order valence-electron chi connectivity index (χ3n) is 7.29. The van der Waals surface area contributed by atoms with Crippen LogP contribution in [0.4, 0.5) is 4.39 Å². The molecule has 10 heteroatoms. The molecular weight excluding hydrogens is 583 g/mol. The third-order valence-corrected chi connectivity index (χ3v) is 8.27. The van der Waals surface area contributed by atoms with Gasteiger partial charge < -0.3 is 14.3 Å². The molecule has 0 bridgehead atoms. The number of aromatic carboxylic acids is 1.